The van der Waals surface area contributed by atoms with E-state index >= 15 is 0 Å². The first-order chi connectivity index (χ1) is 15.8. The van der Waals surface area contributed by atoms with E-state index in [1.54, 1.807) is 4.68 Å². The predicted molar refractivity (Wildman–Crippen MR) is 129 cm³/mol. The third-order valence-corrected chi connectivity index (χ3v) is 6.54. The standard InChI is InChI=1S/C22H30N10O/c1-13-12-31(22(33)25-16-6-7-17(24-14(16)2)30-8-5-9-30)10-11-32(13)20-18-15(3)28-29(4)19(18)26-21(23)27-20/h6-7,13H,5,8-12H2,1-4H3,(H,25,33)(H2,23,26,27)/t13-/m0/s1. The quantitative estimate of drug-likeness (QED) is 0.621. The maximum atomic E-state index is 13.0. The smallest absolute Gasteiger partial charge is 0.322 e. The molecule has 2 aliphatic rings. The first-order valence-electron chi connectivity index (χ1n) is 11.3. The molecule has 5 heterocycles. The highest BCUT2D eigenvalue weighted by Gasteiger charge is 2.30. The number of amides is 2. The van der Waals surface area contributed by atoms with Gasteiger partial charge in [-0.3, -0.25) is 0 Å². The third-order valence-electron chi connectivity index (χ3n) is 6.54. The van der Waals surface area contributed by atoms with Gasteiger partial charge in [0.2, 0.25) is 5.95 Å². The maximum absolute atomic E-state index is 13.0. The third kappa shape index (κ3) is 3.77. The zero-order valence-electron chi connectivity index (χ0n) is 19.5. The van der Waals surface area contributed by atoms with Gasteiger partial charge in [0.05, 0.1) is 22.5 Å². The van der Waals surface area contributed by atoms with Crippen LogP contribution in [0.5, 0.6) is 0 Å². The molecule has 5 rings (SSSR count). The van der Waals surface area contributed by atoms with Gasteiger partial charge in [0.1, 0.15) is 11.6 Å². The van der Waals surface area contributed by atoms with Gasteiger partial charge in [-0.25, -0.2) is 14.5 Å². The highest BCUT2D eigenvalue weighted by Crippen LogP contribution is 2.30. The number of hydrogen-bond acceptors (Lipinski definition) is 8. The van der Waals surface area contributed by atoms with E-state index in [9.17, 15) is 4.79 Å². The summed E-state index contributed by atoms with van der Waals surface area (Å²) in [6, 6.07) is 3.85. The summed E-state index contributed by atoms with van der Waals surface area (Å²) in [6.07, 6.45) is 1.21. The fourth-order valence-corrected chi connectivity index (χ4v) is 4.59. The normalized spacial score (nSPS) is 18.5. The van der Waals surface area contributed by atoms with Gasteiger partial charge in [-0.05, 0) is 39.3 Å². The van der Waals surface area contributed by atoms with Gasteiger partial charge >= 0.3 is 6.03 Å². The molecule has 3 aromatic heterocycles. The predicted octanol–water partition coefficient (Wildman–Crippen LogP) is 1.91. The van der Waals surface area contributed by atoms with Crippen molar-refractivity contribution < 1.29 is 4.79 Å². The Morgan fingerprint density at radius 2 is 1.88 bits per heavy atom. The Labute approximate surface area is 192 Å². The van der Waals surface area contributed by atoms with Gasteiger partial charge in [0.25, 0.3) is 0 Å². The minimum absolute atomic E-state index is 0.0506. The van der Waals surface area contributed by atoms with Crippen LogP contribution < -0.4 is 20.9 Å². The number of nitrogen functional groups attached to an aromatic ring is 1. The van der Waals surface area contributed by atoms with Crippen LogP contribution in [0.4, 0.5) is 28.1 Å². The summed E-state index contributed by atoms with van der Waals surface area (Å²) in [5.41, 5.74) is 9.14. The number of piperazine rings is 1. The minimum Gasteiger partial charge on any atom is -0.368 e. The van der Waals surface area contributed by atoms with E-state index in [1.165, 1.54) is 6.42 Å². The Kier molecular flexibility index (Phi) is 5.18. The highest BCUT2D eigenvalue weighted by atomic mass is 16.2. The van der Waals surface area contributed by atoms with Crippen LogP contribution >= 0.6 is 0 Å². The number of aromatic nitrogens is 5. The molecule has 1 atom stereocenters. The average Bonchev–Trinajstić information content (AvgIpc) is 3.01. The van der Waals surface area contributed by atoms with Crippen molar-refractivity contribution in [1.82, 2.24) is 29.6 Å². The van der Waals surface area contributed by atoms with Crippen LogP contribution in [0.25, 0.3) is 11.0 Å². The van der Waals surface area contributed by atoms with Crippen LogP contribution in [0, 0.1) is 13.8 Å². The zero-order chi connectivity index (χ0) is 23.3. The average molecular weight is 451 g/mol. The molecule has 2 saturated heterocycles. The summed E-state index contributed by atoms with van der Waals surface area (Å²) >= 11 is 0. The van der Waals surface area contributed by atoms with Gasteiger partial charge in [-0.1, -0.05) is 0 Å². The maximum Gasteiger partial charge on any atom is 0.322 e. The molecule has 11 nitrogen and oxygen atoms in total. The van der Waals surface area contributed by atoms with Crippen molar-refractivity contribution in [2.45, 2.75) is 33.2 Å². The van der Waals surface area contributed by atoms with Crippen molar-refractivity contribution in [2.75, 3.05) is 53.6 Å². The second kappa shape index (κ2) is 8.05. The SMILES string of the molecule is Cc1nc(N2CCC2)ccc1NC(=O)N1CCN(c2nc(N)nc3c2c(C)nn3C)[C@@H](C)C1. The molecule has 3 N–H and O–H groups in total. The number of anilines is 4. The van der Waals surface area contributed by atoms with Gasteiger partial charge in [0, 0.05) is 45.8 Å². The molecule has 2 aliphatic heterocycles. The van der Waals surface area contributed by atoms with Crippen LogP contribution in [0.15, 0.2) is 12.1 Å². The Bertz CT molecular complexity index is 1220. The molecule has 33 heavy (non-hydrogen) atoms. The van der Waals surface area contributed by atoms with Crippen LogP contribution in [0.3, 0.4) is 0 Å². The second-order valence-corrected chi connectivity index (χ2v) is 8.87. The summed E-state index contributed by atoms with van der Waals surface area (Å²) in [5.74, 6) is 1.97. The lowest BCUT2D eigenvalue weighted by atomic mass is 10.1. The molecule has 0 aliphatic carbocycles. The molecular formula is C22H30N10O. The fourth-order valence-electron chi connectivity index (χ4n) is 4.59. The second-order valence-electron chi connectivity index (χ2n) is 8.87. The lowest BCUT2D eigenvalue weighted by Gasteiger charge is -2.40. The number of aryl methyl sites for hydroxylation is 3. The van der Waals surface area contributed by atoms with Crippen molar-refractivity contribution in [3.8, 4) is 0 Å². The van der Waals surface area contributed by atoms with Gasteiger partial charge in [0.15, 0.2) is 5.65 Å². The van der Waals surface area contributed by atoms with E-state index in [4.69, 9.17) is 5.73 Å². The van der Waals surface area contributed by atoms with E-state index < -0.39 is 0 Å². The summed E-state index contributed by atoms with van der Waals surface area (Å²) in [5, 5.41) is 8.42. The molecular weight excluding hydrogens is 420 g/mol. The zero-order valence-corrected chi connectivity index (χ0v) is 19.5. The Morgan fingerprint density at radius 3 is 2.55 bits per heavy atom. The molecule has 0 spiro atoms. The molecule has 0 unspecified atom stereocenters. The number of nitrogens with zero attached hydrogens (tertiary/aromatic N) is 8. The van der Waals surface area contributed by atoms with Crippen molar-refractivity contribution in [2.24, 2.45) is 7.05 Å². The molecule has 2 fully saturated rings. The highest BCUT2D eigenvalue weighted by molar-refractivity contribution is 5.92. The summed E-state index contributed by atoms with van der Waals surface area (Å²) < 4.78 is 1.73. The number of hydrogen-bond donors (Lipinski definition) is 2. The number of nitrogens with two attached hydrogens (primary N) is 1. The largest absolute Gasteiger partial charge is 0.368 e. The van der Waals surface area contributed by atoms with Crippen molar-refractivity contribution in [3.05, 3.63) is 23.5 Å². The van der Waals surface area contributed by atoms with E-state index in [1.807, 2.05) is 37.9 Å². The molecule has 0 bridgehead atoms. The molecule has 2 amide bonds. The molecule has 0 saturated carbocycles. The van der Waals surface area contributed by atoms with Crippen LogP contribution in [0.1, 0.15) is 24.7 Å². The Hall–Kier alpha value is -3.63. The molecule has 3 aromatic rings. The molecule has 0 radical (unpaired) electrons. The number of nitrogens with one attached hydrogen (secondary N) is 1. The molecule has 174 valence electrons. The van der Waals surface area contributed by atoms with E-state index in [0.29, 0.717) is 25.3 Å². The van der Waals surface area contributed by atoms with Crippen molar-refractivity contribution in [1.29, 1.82) is 0 Å². The number of carbonyl (C=O) groups is 1. The number of fused-ring (bicyclic) bond motifs is 1. The van der Waals surface area contributed by atoms with Crippen LogP contribution in [-0.4, -0.2) is 74.4 Å². The topological polar surface area (TPSA) is 121 Å². The number of pyridine rings is 1. The number of rotatable bonds is 3. The Morgan fingerprint density at radius 1 is 1.09 bits per heavy atom. The first-order valence-corrected chi connectivity index (χ1v) is 11.3. The number of urea groups is 1. The van der Waals surface area contributed by atoms with Gasteiger partial charge in [-0.2, -0.15) is 15.1 Å². The fraction of sp³-hybridized carbons (Fsp3) is 0.500. The van der Waals surface area contributed by atoms with Crippen molar-refractivity contribution >= 4 is 40.3 Å². The molecule has 11 heteroatoms. The number of carbonyl (C=O) groups excluding carboxylic acids is 1. The first kappa shape index (κ1) is 21.2. The monoisotopic (exact) mass is 450 g/mol. The van der Waals surface area contributed by atoms with Gasteiger partial charge < -0.3 is 25.8 Å². The molecule has 0 aromatic carbocycles. The lowest BCUT2D eigenvalue weighted by Crippen LogP contribution is -2.55. The van der Waals surface area contributed by atoms with Gasteiger partial charge in [-0.15, -0.1) is 0 Å². The van der Waals surface area contributed by atoms with E-state index in [0.717, 1.165) is 47.2 Å². The van der Waals surface area contributed by atoms with E-state index in [-0.39, 0.29) is 18.0 Å². The van der Waals surface area contributed by atoms with Crippen LogP contribution in [0.2, 0.25) is 0 Å². The summed E-state index contributed by atoms with van der Waals surface area (Å²) in [4.78, 5) is 32.8. The minimum atomic E-state index is -0.118. The van der Waals surface area contributed by atoms with E-state index in [2.05, 4.69) is 42.1 Å². The Balaban J connectivity index is 1.30. The van der Waals surface area contributed by atoms with Crippen LogP contribution in [-0.2, 0) is 7.05 Å². The van der Waals surface area contributed by atoms with Crippen molar-refractivity contribution in [3.63, 3.8) is 0 Å². The lowest BCUT2D eigenvalue weighted by molar-refractivity contribution is 0.200. The summed E-state index contributed by atoms with van der Waals surface area (Å²) in [6.45, 7) is 9.83. The summed E-state index contributed by atoms with van der Waals surface area (Å²) in [7, 11) is 1.85.